The third-order valence-electron chi connectivity index (χ3n) is 4.53. The van der Waals surface area contributed by atoms with Crippen LogP contribution in [0, 0.1) is 11.8 Å². The zero-order valence-corrected chi connectivity index (χ0v) is 12.3. The Morgan fingerprint density at radius 2 is 2.00 bits per heavy atom. The predicted octanol–water partition coefficient (Wildman–Crippen LogP) is 2.65. The Hall–Kier alpha value is -0.590. The van der Waals surface area contributed by atoms with E-state index < -0.39 is 17.8 Å². The summed E-state index contributed by atoms with van der Waals surface area (Å²) in [6, 6.07) is 0. The van der Waals surface area contributed by atoms with Crippen molar-refractivity contribution in [2.75, 3.05) is 19.8 Å². The monoisotopic (exact) mass is 307 g/mol. The van der Waals surface area contributed by atoms with Gasteiger partial charge in [-0.2, -0.15) is 13.2 Å². The number of aliphatic hydroxyl groups excluding tert-OH is 1. The van der Waals surface area contributed by atoms with E-state index >= 15 is 0 Å². The third-order valence-corrected chi connectivity index (χ3v) is 4.53. The summed E-state index contributed by atoms with van der Waals surface area (Å²) in [4.78, 5) is 0. The maximum absolute atomic E-state index is 12.7. The molecule has 3 unspecified atom stereocenters. The van der Waals surface area contributed by atoms with Gasteiger partial charge in [0.1, 0.15) is 5.54 Å². The van der Waals surface area contributed by atoms with Crippen LogP contribution in [0.3, 0.4) is 0 Å². The molecule has 0 aromatic rings. The second kappa shape index (κ2) is 6.67. The fourth-order valence-corrected chi connectivity index (χ4v) is 2.65. The van der Waals surface area contributed by atoms with Gasteiger partial charge in [0.2, 0.25) is 0 Å². The molecule has 0 aromatic carbocycles. The van der Waals surface area contributed by atoms with Crippen LogP contribution in [0.25, 0.3) is 0 Å². The number of ether oxygens (including phenoxy) is 1. The van der Waals surface area contributed by atoms with Crippen molar-refractivity contribution >= 4 is 0 Å². The lowest BCUT2D eigenvalue weighted by atomic mass is 9.85. The summed E-state index contributed by atoms with van der Waals surface area (Å²) >= 11 is 0. The van der Waals surface area contributed by atoms with Gasteiger partial charge in [-0.15, -0.1) is 0 Å². The summed E-state index contributed by atoms with van der Waals surface area (Å²) < 4.78 is 43.6. The van der Waals surface area contributed by atoms with Gasteiger partial charge in [0, 0.05) is 6.54 Å². The maximum atomic E-state index is 12.7. The minimum absolute atomic E-state index is 0.0773. The molecular formula is C15H24F3NO2. The van der Waals surface area contributed by atoms with Crippen molar-refractivity contribution < 1.29 is 23.0 Å². The van der Waals surface area contributed by atoms with Gasteiger partial charge in [0.15, 0.2) is 0 Å². The Morgan fingerprint density at radius 3 is 2.57 bits per heavy atom. The molecule has 1 fully saturated rings. The van der Waals surface area contributed by atoms with Gasteiger partial charge >= 0.3 is 6.18 Å². The molecule has 0 saturated heterocycles. The number of alkyl halides is 3. The average molecular weight is 307 g/mol. The minimum atomic E-state index is -4.24. The first kappa shape index (κ1) is 16.8. The fourth-order valence-electron chi connectivity index (χ4n) is 2.65. The Balaban J connectivity index is 1.62. The molecule has 0 aromatic heterocycles. The van der Waals surface area contributed by atoms with Crippen LogP contribution in [0.4, 0.5) is 13.2 Å². The summed E-state index contributed by atoms with van der Waals surface area (Å²) in [7, 11) is 0. The van der Waals surface area contributed by atoms with E-state index in [2.05, 4.69) is 24.4 Å². The lowest BCUT2D eigenvalue weighted by molar-refractivity contribution is -0.167. The Morgan fingerprint density at radius 1 is 1.33 bits per heavy atom. The Labute approximate surface area is 123 Å². The minimum Gasteiger partial charge on any atom is -0.389 e. The molecule has 2 aliphatic carbocycles. The summed E-state index contributed by atoms with van der Waals surface area (Å²) in [5.74, 6) is 0.977. The maximum Gasteiger partial charge on any atom is 0.406 e. The number of allylic oxidation sites excluding steroid dienone is 2. The Kier molecular flexibility index (Phi) is 5.33. The van der Waals surface area contributed by atoms with Crippen molar-refractivity contribution in [1.82, 2.24) is 5.32 Å². The molecule has 0 spiro atoms. The molecule has 0 radical (unpaired) electrons. The molecule has 3 nitrogen and oxygen atoms in total. The first-order valence-electron chi connectivity index (χ1n) is 7.56. The molecule has 0 amide bonds. The van der Waals surface area contributed by atoms with Gasteiger partial charge in [-0.05, 0) is 37.5 Å². The molecule has 0 aliphatic heterocycles. The second-order valence-electron chi connectivity index (χ2n) is 6.33. The number of aliphatic hydroxyl groups is 1. The molecule has 0 bridgehead atoms. The molecule has 0 heterocycles. The number of rotatable bonds is 7. The van der Waals surface area contributed by atoms with E-state index in [0.29, 0.717) is 18.4 Å². The topological polar surface area (TPSA) is 41.5 Å². The number of β-amino-alcohol motifs (C(OH)–C–C–N with tert-alkyl or cyclic N) is 1. The number of nitrogens with one attached hydrogen (secondary N) is 1. The van der Waals surface area contributed by atoms with Gasteiger partial charge in [-0.1, -0.05) is 19.1 Å². The molecule has 21 heavy (non-hydrogen) atoms. The van der Waals surface area contributed by atoms with Crippen molar-refractivity contribution in [3.8, 4) is 0 Å². The van der Waals surface area contributed by atoms with Gasteiger partial charge in [0.25, 0.3) is 0 Å². The molecular weight excluding hydrogens is 283 g/mol. The van der Waals surface area contributed by atoms with Gasteiger partial charge in [-0.3, -0.25) is 0 Å². The zero-order chi connectivity index (χ0) is 15.5. The van der Waals surface area contributed by atoms with E-state index in [1.165, 1.54) is 0 Å². The average Bonchev–Trinajstić information content (AvgIpc) is 3.19. The SMILES string of the molecule is CC1CC=CCC1COCC(O)CNC1(C(F)(F)F)CC1. The van der Waals surface area contributed by atoms with Crippen molar-refractivity contribution in [2.45, 2.75) is 50.4 Å². The standard InChI is InChI=1S/C15H24F3NO2/c1-11-4-2-3-5-12(11)9-21-10-13(20)8-19-14(6-7-14)15(16,17)18/h2-3,11-13,19-20H,4-10H2,1H3. The van der Waals surface area contributed by atoms with E-state index in [-0.39, 0.29) is 26.0 Å². The zero-order valence-electron chi connectivity index (χ0n) is 12.3. The smallest absolute Gasteiger partial charge is 0.389 e. The van der Waals surface area contributed by atoms with Crippen LogP contribution in [-0.4, -0.2) is 42.7 Å². The van der Waals surface area contributed by atoms with Crippen molar-refractivity contribution in [1.29, 1.82) is 0 Å². The first-order valence-corrected chi connectivity index (χ1v) is 7.56. The van der Waals surface area contributed by atoms with Crippen LogP contribution in [0.1, 0.15) is 32.6 Å². The molecule has 1 saturated carbocycles. The van der Waals surface area contributed by atoms with Crippen molar-refractivity contribution in [3.05, 3.63) is 12.2 Å². The fraction of sp³-hybridized carbons (Fsp3) is 0.867. The van der Waals surface area contributed by atoms with Crippen LogP contribution in [0.15, 0.2) is 12.2 Å². The van der Waals surface area contributed by atoms with Crippen LogP contribution < -0.4 is 5.32 Å². The highest BCUT2D eigenvalue weighted by atomic mass is 19.4. The van der Waals surface area contributed by atoms with Crippen molar-refractivity contribution in [2.24, 2.45) is 11.8 Å². The van der Waals surface area contributed by atoms with Gasteiger partial charge in [-0.25, -0.2) is 0 Å². The number of hydrogen-bond donors (Lipinski definition) is 2. The van der Waals surface area contributed by atoms with Crippen LogP contribution in [0.2, 0.25) is 0 Å². The number of halogens is 3. The second-order valence-corrected chi connectivity index (χ2v) is 6.33. The highest BCUT2D eigenvalue weighted by Crippen LogP contribution is 2.48. The molecule has 2 aliphatic rings. The van der Waals surface area contributed by atoms with Crippen molar-refractivity contribution in [3.63, 3.8) is 0 Å². The first-order chi connectivity index (χ1) is 9.84. The molecule has 122 valence electrons. The summed E-state index contributed by atoms with van der Waals surface area (Å²) in [5, 5.41) is 12.2. The van der Waals surface area contributed by atoms with E-state index in [9.17, 15) is 18.3 Å². The van der Waals surface area contributed by atoms with E-state index in [1.54, 1.807) is 0 Å². The van der Waals surface area contributed by atoms with E-state index in [1.807, 2.05) is 0 Å². The summed E-state index contributed by atoms with van der Waals surface area (Å²) in [5.41, 5.74) is -1.77. The van der Waals surface area contributed by atoms with Crippen LogP contribution >= 0.6 is 0 Å². The quantitative estimate of drug-likeness (QED) is 0.711. The van der Waals surface area contributed by atoms with Gasteiger partial charge < -0.3 is 15.2 Å². The normalized spacial score (nSPS) is 29.4. The van der Waals surface area contributed by atoms with Crippen LogP contribution in [0.5, 0.6) is 0 Å². The predicted molar refractivity (Wildman–Crippen MR) is 73.9 cm³/mol. The molecule has 3 atom stereocenters. The largest absolute Gasteiger partial charge is 0.406 e. The van der Waals surface area contributed by atoms with Gasteiger partial charge in [0.05, 0.1) is 19.3 Å². The highest BCUT2D eigenvalue weighted by Gasteiger charge is 2.63. The van der Waals surface area contributed by atoms with E-state index in [4.69, 9.17) is 4.74 Å². The summed E-state index contributed by atoms with van der Waals surface area (Å²) in [6.07, 6.45) is 1.33. The van der Waals surface area contributed by atoms with Crippen LogP contribution in [-0.2, 0) is 4.74 Å². The van der Waals surface area contributed by atoms with E-state index in [0.717, 1.165) is 12.8 Å². The summed E-state index contributed by atoms with van der Waals surface area (Å²) in [6.45, 7) is 2.70. The molecule has 2 N–H and O–H groups in total. The number of hydrogen-bond acceptors (Lipinski definition) is 3. The lowest BCUT2D eigenvalue weighted by Gasteiger charge is -2.26. The third kappa shape index (κ3) is 4.44. The Bertz CT molecular complexity index is 366. The highest BCUT2D eigenvalue weighted by molar-refractivity contribution is 5.08. The molecule has 6 heteroatoms. The molecule has 2 rings (SSSR count). The lowest BCUT2D eigenvalue weighted by Crippen LogP contribution is -2.48.